The van der Waals surface area contributed by atoms with Gasteiger partial charge in [-0.15, -0.1) is 0 Å². The summed E-state index contributed by atoms with van der Waals surface area (Å²) in [6.45, 7) is 5.09. The summed E-state index contributed by atoms with van der Waals surface area (Å²) in [6, 6.07) is 6.67. The van der Waals surface area contributed by atoms with Gasteiger partial charge < -0.3 is 10.6 Å². The summed E-state index contributed by atoms with van der Waals surface area (Å²) in [4.78, 5) is 11.9. The minimum Gasteiger partial charge on any atom is -0.338 e. The number of carbonyl (C=O) groups is 1. The lowest BCUT2D eigenvalue weighted by Crippen LogP contribution is -2.30. The molecule has 1 rings (SSSR count). The fourth-order valence-electron chi connectivity index (χ4n) is 2.45. The first kappa shape index (κ1) is 20.5. The lowest BCUT2D eigenvalue weighted by Gasteiger charge is -2.11. The van der Waals surface area contributed by atoms with E-state index in [-0.39, 0.29) is 11.8 Å². The van der Waals surface area contributed by atoms with Gasteiger partial charge in [-0.2, -0.15) is 0 Å². The third-order valence-electron chi connectivity index (χ3n) is 3.68. The van der Waals surface area contributed by atoms with E-state index in [1.807, 2.05) is 0 Å². The lowest BCUT2D eigenvalue weighted by atomic mass is 10.0. The second-order valence-electron chi connectivity index (χ2n) is 6.70. The van der Waals surface area contributed by atoms with E-state index in [0.717, 1.165) is 18.8 Å². The van der Waals surface area contributed by atoms with E-state index in [1.165, 1.54) is 25.5 Å². The molecule has 0 fully saturated rings. The van der Waals surface area contributed by atoms with Gasteiger partial charge in [-0.05, 0) is 24.0 Å². The first-order valence-electron chi connectivity index (χ1n) is 8.58. The Bertz CT molecular complexity index is 612. The van der Waals surface area contributed by atoms with E-state index in [0.29, 0.717) is 17.8 Å². The molecule has 0 aliphatic rings. The highest BCUT2D eigenvalue weighted by atomic mass is 32.2. The average Bonchev–Trinajstić information content (AvgIpc) is 2.46. The number of hydrogen-bond donors (Lipinski definition) is 2. The van der Waals surface area contributed by atoms with Crippen molar-refractivity contribution in [2.75, 3.05) is 18.1 Å². The van der Waals surface area contributed by atoms with Crippen molar-refractivity contribution in [2.24, 2.45) is 5.92 Å². The number of benzene rings is 1. The zero-order valence-corrected chi connectivity index (χ0v) is 15.8. The van der Waals surface area contributed by atoms with Crippen LogP contribution in [0.1, 0.15) is 51.5 Å². The summed E-state index contributed by atoms with van der Waals surface area (Å²) in [6.07, 6.45) is 6.93. The number of para-hydroxylation sites is 1. The molecular weight excluding hydrogens is 324 g/mol. The Morgan fingerprint density at radius 2 is 1.75 bits per heavy atom. The molecule has 0 aromatic heterocycles. The quantitative estimate of drug-likeness (QED) is 0.625. The fraction of sp³-hybridized carbons (Fsp3) is 0.611. The van der Waals surface area contributed by atoms with Crippen LogP contribution in [0.4, 0.5) is 10.5 Å². The molecule has 0 saturated carbocycles. The zero-order valence-electron chi connectivity index (χ0n) is 15.0. The zero-order chi connectivity index (χ0) is 18.0. The molecule has 0 unspecified atom stereocenters. The third-order valence-corrected chi connectivity index (χ3v) is 4.51. The molecule has 0 atom stereocenters. The molecule has 0 heterocycles. The molecule has 0 saturated heterocycles. The van der Waals surface area contributed by atoms with Crippen molar-refractivity contribution in [3.8, 4) is 0 Å². The summed E-state index contributed by atoms with van der Waals surface area (Å²) in [7, 11) is -3.14. The number of urea groups is 1. The maximum atomic E-state index is 11.9. The van der Waals surface area contributed by atoms with Crippen LogP contribution < -0.4 is 10.6 Å². The van der Waals surface area contributed by atoms with Crippen LogP contribution in [-0.4, -0.2) is 27.2 Å². The van der Waals surface area contributed by atoms with Gasteiger partial charge in [0.15, 0.2) is 9.84 Å². The van der Waals surface area contributed by atoms with Crippen molar-refractivity contribution in [1.82, 2.24) is 5.32 Å². The highest BCUT2D eigenvalue weighted by Crippen LogP contribution is 2.17. The van der Waals surface area contributed by atoms with E-state index < -0.39 is 9.84 Å². The number of amides is 2. The first-order valence-corrected chi connectivity index (χ1v) is 10.6. The second-order valence-corrected chi connectivity index (χ2v) is 8.85. The second kappa shape index (κ2) is 10.3. The van der Waals surface area contributed by atoms with Crippen LogP contribution in [-0.2, 0) is 15.6 Å². The third kappa shape index (κ3) is 9.55. The standard InChI is InChI=1S/C18H30N2O3S/c1-15(2)10-6-4-5-9-13-19-18(21)20-17-12-8-7-11-16(17)14-24(3,22)23/h7-8,11-12,15H,4-6,9-10,13-14H2,1-3H3,(H2,19,20,21). The van der Waals surface area contributed by atoms with E-state index in [1.54, 1.807) is 24.3 Å². The summed E-state index contributed by atoms with van der Waals surface area (Å²) in [5.74, 6) is 0.667. The molecule has 2 N–H and O–H groups in total. The predicted molar refractivity (Wildman–Crippen MR) is 99.9 cm³/mol. The molecular formula is C18H30N2O3S. The highest BCUT2D eigenvalue weighted by molar-refractivity contribution is 7.89. The van der Waals surface area contributed by atoms with Crippen LogP contribution >= 0.6 is 0 Å². The smallest absolute Gasteiger partial charge is 0.319 e. The Labute approximate surface area is 146 Å². The SMILES string of the molecule is CC(C)CCCCCCNC(=O)Nc1ccccc1CS(C)(=O)=O. The molecule has 0 bridgehead atoms. The summed E-state index contributed by atoms with van der Waals surface area (Å²) >= 11 is 0. The fourth-order valence-corrected chi connectivity index (χ4v) is 3.27. The van der Waals surface area contributed by atoms with Crippen LogP contribution in [0.5, 0.6) is 0 Å². The maximum Gasteiger partial charge on any atom is 0.319 e. The van der Waals surface area contributed by atoms with Crippen molar-refractivity contribution < 1.29 is 13.2 Å². The van der Waals surface area contributed by atoms with Gasteiger partial charge in [0.25, 0.3) is 0 Å². The van der Waals surface area contributed by atoms with Crippen LogP contribution in [0.3, 0.4) is 0 Å². The number of nitrogens with one attached hydrogen (secondary N) is 2. The number of unbranched alkanes of at least 4 members (excludes halogenated alkanes) is 3. The molecule has 1 aromatic rings. The Kier molecular flexibility index (Phi) is 8.82. The predicted octanol–water partition coefficient (Wildman–Crippen LogP) is 3.96. The maximum absolute atomic E-state index is 11.9. The van der Waals surface area contributed by atoms with E-state index in [2.05, 4.69) is 24.5 Å². The van der Waals surface area contributed by atoms with Gasteiger partial charge in [-0.3, -0.25) is 0 Å². The van der Waals surface area contributed by atoms with Gasteiger partial charge in [0.2, 0.25) is 0 Å². The normalized spacial score (nSPS) is 11.5. The molecule has 0 radical (unpaired) electrons. The highest BCUT2D eigenvalue weighted by Gasteiger charge is 2.10. The summed E-state index contributed by atoms with van der Waals surface area (Å²) in [5.41, 5.74) is 1.14. The van der Waals surface area contributed by atoms with Gasteiger partial charge in [-0.25, -0.2) is 13.2 Å². The molecule has 0 aliphatic carbocycles. The molecule has 0 spiro atoms. The molecule has 136 valence electrons. The van der Waals surface area contributed by atoms with Gasteiger partial charge in [-0.1, -0.05) is 57.7 Å². The van der Waals surface area contributed by atoms with Crippen LogP contribution in [0, 0.1) is 5.92 Å². The number of rotatable bonds is 10. The Morgan fingerprint density at radius 1 is 1.08 bits per heavy atom. The molecule has 1 aromatic carbocycles. The van der Waals surface area contributed by atoms with E-state index in [4.69, 9.17) is 0 Å². The van der Waals surface area contributed by atoms with Gasteiger partial charge in [0, 0.05) is 18.5 Å². The van der Waals surface area contributed by atoms with Crippen molar-refractivity contribution in [1.29, 1.82) is 0 Å². The van der Waals surface area contributed by atoms with E-state index >= 15 is 0 Å². The monoisotopic (exact) mass is 354 g/mol. The average molecular weight is 355 g/mol. The topological polar surface area (TPSA) is 75.3 Å². The van der Waals surface area contributed by atoms with E-state index in [9.17, 15) is 13.2 Å². The lowest BCUT2D eigenvalue weighted by molar-refractivity contribution is 0.252. The van der Waals surface area contributed by atoms with Gasteiger partial charge >= 0.3 is 6.03 Å². The minimum absolute atomic E-state index is 0.0840. The van der Waals surface area contributed by atoms with Gasteiger partial charge in [0.1, 0.15) is 0 Å². The number of anilines is 1. The summed E-state index contributed by atoms with van der Waals surface area (Å²) < 4.78 is 22.9. The van der Waals surface area contributed by atoms with Crippen molar-refractivity contribution in [3.05, 3.63) is 29.8 Å². The Balaban J connectivity index is 2.33. The van der Waals surface area contributed by atoms with Gasteiger partial charge in [0.05, 0.1) is 5.75 Å². The van der Waals surface area contributed by atoms with Crippen molar-refractivity contribution in [3.63, 3.8) is 0 Å². The molecule has 2 amide bonds. The number of carbonyl (C=O) groups excluding carboxylic acids is 1. The van der Waals surface area contributed by atoms with Crippen molar-refractivity contribution in [2.45, 2.75) is 51.7 Å². The largest absolute Gasteiger partial charge is 0.338 e. The Hall–Kier alpha value is -1.56. The van der Waals surface area contributed by atoms with Crippen LogP contribution in [0.2, 0.25) is 0 Å². The summed E-state index contributed by atoms with van der Waals surface area (Å²) in [5, 5.41) is 5.56. The first-order chi connectivity index (χ1) is 11.3. The molecule has 6 heteroatoms. The molecule has 24 heavy (non-hydrogen) atoms. The van der Waals surface area contributed by atoms with Crippen LogP contribution in [0.25, 0.3) is 0 Å². The van der Waals surface area contributed by atoms with Crippen LogP contribution in [0.15, 0.2) is 24.3 Å². The molecule has 5 nitrogen and oxygen atoms in total. The minimum atomic E-state index is -3.14. The number of hydrogen-bond acceptors (Lipinski definition) is 3. The Morgan fingerprint density at radius 3 is 2.42 bits per heavy atom. The number of sulfone groups is 1. The van der Waals surface area contributed by atoms with Crippen molar-refractivity contribution >= 4 is 21.6 Å². The molecule has 0 aliphatic heterocycles.